The molecule has 0 aliphatic carbocycles. The summed E-state index contributed by atoms with van der Waals surface area (Å²) in [7, 11) is -2.98. The van der Waals surface area contributed by atoms with E-state index in [1.807, 2.05) is 78.9 Å². The Morgan fingerprint density at radius 1 is 0.594 bits per heavy atom. The Hall–Kier alpha value is -3.61. The topological polar surface area (TPSA) is 20.3 Å². The summed E-state index contributed by atoms with van der Waals surface area (Å²) in [6.07, 6.45) is 8.34. The van der Waals surface area contributed by atoms with Gasteiger partial charge in [-0.15, -0.1) is 0 Å². The molecule has 0 amide bonds. The third-order valence-corrected chi connectivity index (χ3v) is 8.85. The normalized spacial score (nSPS) is 13.3. The molecule has 0 spiro atoms. The lowest BCUT2D eigenvalue weighted by Gasteiger charge is -2.21. The Kier molecular flexibility index (Phi) is 5.62. The van der Waals surface area contributed by atoms with Crippen molar-refractivity contribution in [1.82, 2.24) is 0 Å². The maximum atomic E-state index is 14.6. The van der Waals surface area contributed by atoms with Crippen LogP contribution in [-0.4, -0.2) is 6.54 Å². The first-order valence-corrected chi connectivity index (χ1v) is 12.5. The first kappa shape index (κ1) is 20.3. The molecule has 5 rings (SSSR count). The Balaban J connectivity index is 1.55. The zero-order chi connectivity index (χ0) is 21.8. The highest BCUT2D eigenvalue weighted by molar-refractivity contribution is 7.85. The summed E-state index contributed by atoms with van der Waals surface area (Å²) in [5.74, 6) is 0. The van der Waals surface area contributed by atoms with E-state index in [9.17, 15) is 4.57 Å². The summed E-state index contributed by atoms with van der Waals surface area (Å²) in [6, 6.07) is 36.3. The van der Waals surface area contributed by atoms with Gasteiger partial charge in [-0.25, -0.2) is 0 Å². The van der Waals surface area contributed by atoms with Crippen LogP contribution in [0.15, 0.2) is 134 Å². The number of benzene rings is 4. The van der Waals surface area contributed by atoms with Gasteiger partial charge < -0.3 is 9.46 Å². The fraction of sp³-hybridized carbons (Fsp3) is 0.0345. The van der Waals surface area contributed by atoms with Gasteiger partial charge in [0.15, 0.2) is 7.14 Å². The average Bonchev–Trinajstić information content (AvgIpc) is 2.90. The summed E-state index contributed by atoms with van der Waals surface area (Å²) in [5, 5.41) is 2.55. The molecule has 2 nitrogen and oxygen atoms in total. The molecular formula is C29H24NOP. The number of anilines is 1. The molecule has 0 radical (unpaired) electrons. The lowest BCUT2D eigenvalue weighted by Crippen LogP contribution is -2.25. The van der Waals surface area contributed by atoms with Gasteiger partial charge in [-0.2, -0.15) is 0 Å². The van der Waals surface area contributed by atoms with E-state index >= 15 is 0 Å². The summed E-state index contributed by atoms with van der Waals surface area (Å²) in [5.41, 5.74) is 3.33. The number of hydrogen-bond acceptors (Lipinski definition) is 2. The third kappa shape index (κ3) is 3.86. The van der Waals surface area contributed by atoms with E-state index in [0.29, 0.717) is 0 Å². The van der Waals surface area contributed by atoms with Crippen molar-refractivity contribution in [3.05, 3.63) is 134 Å². The van der Waals surface area contributed by atoms with Crippen molar-refractivity contribution in [2.24, 2.45) is 0 Å². The summed E-state index contributed by atoms with van der Waals surface area (Å²) in [4.78, 5) is 2.21. The van der Waals surface area contributed by atoms with Gasteiger partial charge >= 0.3 is 0 Å². The second kappa shape index (κ2) is 8.86. The molecule has 156 valence electrons. The van der Waals surface area contributed by atoms with Gasteiger partial charge in [-0.1, -0.05) is 103 Å². The van der Waals surface area contributed by atoms with Crippen molar-refractivity contribution in [3.63, 3.8) is 0 Å². The van der Waals surface area contributed by atoms with E-state index < -0.39 is 7.14 Å². The summed E-state index contributed by atoms with van der Waals surface area (Å²) < 4.78 is 14.6. The number of hydrogen-bond donors (Lipinski definition) is 0. The Morgan fingerprint density at radius 2 is 1.22 bits per heavy atom. The first-order valence-electron chi connectivity index (χ1n) is 10.8. The number of nitrogens with zero attached hydrogens (tertiary/aromatic N) is 1. The largest absolute Gasteiger partial charge is 0.344 e. The Morgan fingerprint density at radius 3 is 1.81 bits per heavy atom. The molecule has 0 bridgehead atoms. The average molecular weight is 433 g/mol. The molecular weight excluding hydrogens is 409 g/mol. The van der Waals surface area contributed by atoms with Crippen LogP contribution in [-0.2, 0) is 4.57 Å². The minimum absolute atomic E-state index is 0.848. The van der Waals surface area contributed by atoms with E-state index in [0.717, 1.165) is 39.3 Å². The van der Waals surface area contributed by atoms with E-state index in [1.54, 1.807) is 0 Å². The van der Waals surface area contributed by atoms with Gasteiger partial charge in [0.05, 0.1) is 0 Å². The molecule has 0 fully saturated rings. The van der Waals surface area contributed by atoms with Crippen molar-refractivity contribution in [2.45, 2.75) is 0 Å². The molecule has 0 saturated carbocycles. The second-order valence-electron chi connectivity index (χ2n) is 7.80. The maximum Gasteiger partial charge on any atom is 0.171 e. The fourth-order valence-electron chi connectivity index (χ4n) is 4.11. The zero-order valence-corrected chi connectivity index (χ0v) is 18.6. The van der Waals surface area contributed by atoms with Crippen LogP contribution < -0.4 is 20.8 Å². The molecule has 32 heavy (non-hydrogen) atoms. The van der Waals surface area contributed by atoms with Gasteiger partial charge in [0.25, 0.3) is 0 Å². The standard InChI is InChI=1S/C29H24NOP/c31-32(27-12-4-1-5-13-27,28-14-6-2-7-15-28)29-16-10-11-25(23-29)24-17-19-26(20-18-24)30-21-8-3-9-22-30/h1-21,23H,22H2. The highest BCUT2D eigenvalue weighted by Gasteiger charge is 2.29. The Labute approximate surface area is 189 Å². The molecule has 4 aromatic carbocycles. The number of allylic oxidation sites excluding steroid dienone is 2. The molecule has 0 saturated heterocycles. The van der Waals surface area contributed by atoms with Crippen LogP contribution in [0.4, 0.5) is 5.69 Å². The van der Waals surface area contributed by atoms with Crippen molar-refractivity contribution in [1.29, 1.82) is 0 Å². The maximum absolute atomic E-state index is 14.6. The summed E-state index contributed by atoms with van der Waals surface area (Å²) >= 11 is 0. The van der Waals surface area contributed by atoms with Crippen LogP contribution in [0.2, 0.25) is 0 Å². The molecule has 4 aromatic rings. The molecule has 0 unspecified atom stereocenters. The molecule has 0 aromatic heterocycles. The van der Waals surface area contributed by atoms with Gasteiger partial charge in [0.1, 0.15) is 0 Å². The van der Waals surface area contributed by atoms with Crippen LogP contribution in [0.1, 0.15) is 0 Å². The van der Waals surface area contributed by atoms with Crippen molar-refractivity contribution >= 4 is 28.7 Å². The van der Waals surface area contributed by atoms with Crippen LogP contribution >= 0.6 is 7.14 Å². The van der Waals surface area contributed by atoms with E-state index in [4.69, 9.17) is 0 Å². The van der Waals surface area contributed by atoms with Crippen LogP contribution in [0, 0.1) is 0 Å². The SMILES string of the molecule is O=P(c1ccccc1)(c1ccccc1)c1cccc(-c2ccc(N3C=CC=CC3)cc2)c1. The molecule has 1 heterocycles. The number of rotatable bonds is 5. The van der Waals surface area contributed by atoms with Gasteiger partial charge in [0.2, 0.25) is 0 Å². The van der Waals surface area contributed by atoms with E-state index in [-0.39, 0.29) is 0 Å². The smallest absolute Gasteiger partial charge is 0.171 e. The predicted molar refractivity (Wildman–Crippen MR) is 137 cm³/mol. The zero-order valence-electron chi connectivity index (χ0n) is 17.7. The van der Waals surface area contributed by atoms with Crippen LogP contribution in [0.5, 0.6) is 0 Å². The van der Waals surface area contributed by atoms with Gasteiger partial charge in [-0.05, 0) is 35.4 Å². The molecule has 1 aliphatic heterocycles. The van der Waals surface area contributed by atoms with E-state index in [1.165, 1.54) is 0 Å². The first-order chi connectivity index (χ1) is 15.7. The third-order valence-electron chi connectivity index (χ3n) is 5.80. The fourth-order valence-corrected chi connectivity index (χ4v) is 6.80. The second-order valence-corrected chi connectivity index (χ2v) is 10.6. The van der Waals surface area contributed by atoms with Gasteiger partial charge in [0, 0.05) is 34.3 Å². The lowest BCUT2D eigenvalue weighted by atomic mass is 10.1. The minimum atomic E-state index is -2.98. The highest BCUT2D eigenvalue weighted by atomic mass is 31.2. The van der Waals surface area contributed by atoms with Gasteiger partial charge in [-0.3, -0.25) is 0 Å². The molecule has 3 heteroatoms. The lowest BCUT2D eigenvalue weighted by molar-refractivity contribution is 0.592. The summed E-state index contributed by atoms with van der Waals surface area (Å²) in [6.45, 7) is 0.878. The van der Waals surface area contributed by atoms with Crippen LogP contribution in [0.3, 0.4) is 0 Å². The molecule has 1 aliphatic rings. The quantitative estimate of drug-likeness (QED) is 0.366. The molecule has 0 N–H and O–H groups in total. The van der Waals surface area contributed by atoms with E-state index in [2.05, 4.69) is 59.7 Å². The monoisotopic (exact) mass is 433 g/mol. The van der Waals surface area contributed by atoms with Crippen molar-refractivity contribution < 1.29 is 4.57 Å². The highest BCUT2D eigenvalue weighted by Crippen LogP contribution is 2.43. The van der Waals surface area contributed by atoms with Crippen LogP contribution in [0.25, 0.3) is 11.1 Å². The minimum Gasteiger partial charge on any atom is -0.344 e. The van der Waals surface area contributed by atoms with Crippen molar-refractivity contribution in [3.8, 4) is 11.1 Å². The van der Waals surface area contributed by atoms with Crippen molar-refractivity contribution in [2.75, 3.05) is 11.4 Å². The molecule has 0 atom stereocenters. The Bertz CT molecular complexity index is 1260. The predicted octanol–water partition coefficient (Wildman–Crippen LogP) is 5.88.